The Balaban J connectivity index is 1.97. The first-order chi connectivity index (χ1) is 11.3. The predicted octanol–water partition coefficient (Wildman–Crippen LogP) is 2.36. The molecule has 0 atom stereocenters. The highest BCUT2D eigenvalue weighted by Gasteiger charge is 2.31. The van der Waals surface area contributed by atoms with Crippen LogP contribution in [0, 0.1) is 10.1 Å². The third-order valence-corrected chi connectivity index (χ3v) is 4.79. The molecule has 0 spiro atoms. The minimum absolute atomic E-state index is 0.0791. The normalized spacial score (nSPS) is 14.6. The van der Waals surface area contributed by atoms with Gasteiger partial charge in [0.05, 0.1) is 4.92 Å². The van der Waals surface area contributed by atoms with Crippen LogP contribution in [-0.2, 0) is 10.0 Å². The molecular weight excluding hydrogens is 334 g/mol. The maximum absolute atomic E-state index is 12.1. The van der Waals surface area contributed by atoms with Gasteiger partial charge in [0, 0.05) is 28.9 Å². The number of hydrogen-bond donors (Lipinski definition) is 1. The highest BCUT2D eigenvalue weighted by molar-refractivity contribution is 7.90. The molecule has 0 fully saturated rings. The van der Waals surface area contributed by atoms with Gasteiger partial charge in [-0.1, -0.05) is 0 Å². The molecular formula is C15H11N3O5S. The number of nitrogens with zero attached hydrogens (tertiary/aromatic N) is 2. The van der Waals surface area contributed by atoms with E-state index in [0.29, 0.717) is 11.3 Å². The number of hydrogen-bond acceptors (Lipinski definition) is 6. The van der Waals surface area contributed by atoms with E-state index >= 15 is 0 Å². The fourth-order valence-corrected chi connectivity index (χ4v) is 3.46. The van der Waals surface area contributed by atoms with Crippen LogP contribution < -0.4 is 5.32 Å². The zero-order chi connectivity index (χ0) is 17.5. The molecule has 0 radical (unpaired) electrons. The molecule has 0 amide bonds. The number of Topliss-reactive ketones (excluding diaryl/α,β-unsaturated/α-hetero) is 1. The Bertz CT molecular complexity index is 994. The molecule has 0 aromatic heterocycles. The van der Waals surface area contributed by atoms with Gasteiger partial charge < -0.3 is 5.32 Å². The molecule has 0 bridgehead atoms. The molecule has 3 rings (SSSR count). The van der Waals surface area contributed by atoms with Gasteiger partial charge in [-0.25, -0.2) is 0 Å². The van der Waals surface area contributed by atoms with Gasteiger partial charge in [0.25, 0.3) is 15.7 Å². The summed E-state index contributed by atoms with van der Waals surface area (Å²) in [7, 11) is -3.99. The number of carbonyl (C=O) groups excluding carboxylic acids is 1. The lowest BCUT2D eigenvalue weighted by atomic mass is 10.1. The lowest BCUT2D eigenvalue weighted by molar-refractivity contribution is -0.385. The summed E-state index contributed by atoms with van der Waals surface area (Å²) in [6, 6.07) is 9.99. The van der Waals surface area contributed by atoms with Crippen molar-refractivity contribution in [1.82, 2.24) is 0 Å². The van der Waals surface area contributed by atoms with Crippen LogP contribution in [-0.4, -0.2) is 25.0 Å². The van der Waals surface area contributed by atoms with Gasteiger partial charge in [0.2, 0.25) is 0 Å². The first kappa shape index (κ1) is 15.8. The van der Waals surface area contributed by atoms with E-state index in [0.717, 1.165) is 6.07 Å². The van der Waals surface area contributed by atoms with Gasteiger partial charge in [0.15, 0.2) is 11.6 Å². The number of rotatable bonds is 3. The maximum Gasteiger partial charge on any atom is 0.285 e. The number of non-ortho nitro benzene ring substituents is 1. The Labute approximate surface area is 137 Å². The third-order valence-electron chi connectivity index (χ3n) is 3.47. The van der Waals surface area contributed by atoms with E-state index in [4.69, 9.17) is 0 Å². The molecule has 8 nitrogen and oxygen atoms in total. The summed E-state index contributed by atoms with van der Waals surface area (Å²) in [6.07, 6.45) is 0. The third kappa shape index (κ3) is 2.76. The molecule has 1 aliphatic heterocycles. The number of nitrogens with one attached hydrogen (secondary N) is 1. The molecule has 1 aliphatic rings. The fourth-order valence-electron chi connectivity index (χ4n) is 2.27. The van der Waals surface area contributed by atoms with E-state index < -0.39 is 14.9 Å². The topological polar surface area (TPSA) is 119 Å². The van der Waals surface area contributed by atoms with Crippen LogP contribution in [0.15, 0.2) is 51.8 Å². The summed E-state index contributed by atoms with van der Waals surface area (Å²) in [5.74, 6) is -0.00420. The van der Waals surface area contributed by atoms with Crippen LogP contribution in [0.2, 0.25) is 0 Å². The molecule has 122 valence electrons. The molecule has 0 saturated carbocycles. The smallest absolute Gasteiger partial charge is 0.285 e. The minimum atomic E-state index is -3.99. The Hall–Kier alpha value is -3.07. The van der Waals surface area contributed by atoms with Gasteiger partial charge in [0.1, 0.15) is 4.90 Å². The van der Waals surface area contributed by atoms with Crippen LogP contribution in [0.1, 0.15) is 22.8 Å². The predicted molar refractivity (Wildman–Crippen MR) is 86.9 cm³/mol. The lowest BCUT2D eigenvalue weighted by Gasteiger charge is -2.07. The molecule has 0 unspecified atom stereocenters. The summed E-state index contributed by atoms with van der Waals surface area (Å²) >= 11 is 0. The number of carbonyl (C=O) groups is 1. The number of fused-ring (bicyclic) bond motifs is 1. The molecule has 1 heterocycles. The van der Waals surface area contributed by atoms with E-state index in [1.54, 1.807) is 24.3 Å². The molecule has 9 heteroatoms. The van der Waals surface area contributed by atoms with Crippen molar-refractivity contribution < 1.29 is 18.1 Å². The van der Waals surface area contributed by atoms with Crippen molar-refractivity contribution in [2.45, 2.75) is 11.8 Å². The summed E-state index contributed by atoms with van der Waals surface area (Å²) < 4.78 is 27.8. The molecule has 2 aromatic rings. The van der Waals surface area contributed by atoms with Crippen molar-refractivity contribution in [2.24, 2.45) is 4.40 Å². The molecule has 2 aromatic carbocycles. The summed E-state index contributed by atoms with van der Waals surface area (Å²) in [5.41, 5.74) is 1.01. The summed E-state index contributed by atoms with van der Waals surface area (Å²) in [4.78, 5) is 21.2. The van der Waals surface area contributed by atoms with Crippen molar-refractivity contribution in [2.75, 3.05) is 5.32 Å². The van der Waals surface area contributed by atoms with Gasteiger partial charge in [-0.05, 0) is 37.3 Å². The van der Waals surface area contributed by atoms with Crippen LogP contribution >= 0.6 is 0 Å². The Morgan fingerprint density at radius 2 is 1.83 bits per heavy atom. The second kappa shape index (κ2) is 5.53. The number of nitro groups is 1. The number of anilines is 1. The van der Waals surface area contributed by atoms with Gasteiger partial charge in [-0.15, -0.1) is 4.40 Å². The van der Waals surface area contributed by atoms with Crippen LogP contribution in [0.4, 0.5) is 11.4 Å². The minimum Gasteiger partial charge on any atom is -0.339 e. The zero-order valence-corrected chi connectivity index (χ0v) is 13.2. The van der Waals surface area contributed by atoms with Crippen molar-refractivity contribution >= 4 is 33.0 Å². The number of benzene rings is 2. The molecule has 1 N–H and O–H groups in total. The van der Waals surface area contributed by atoms with Crippen molar-refractivity contribution in [3.05, 3.63) is 63.7 Å². The van der Waals surface area contributed by atoms with E-state index in [-0.39, 0.29) is 27.8 Å². The van der Waals surface area contributed by atoms with Crippen molar-refractivity contribution in [1.29, 1.82) is 0 Å². The number of amidine groups is 1. The quantitative estimate of drug-likeness (QED) is 0.518. The Morgan fingerprint density at radius 1 is 1.17 bits per heavy atom. The van der Waals surface area contributed by atoms with Gasteiger partial charge in [-0.3, -0.25) is 14.9 Å². The second-order valence-electron chi connectivity index (χ2n) is 5.11. The van der Waals surface area contributed by atoms with Gasteiger partial charge >= 0.3 is 0 Å². The molecule has 24 heavy (non-hydrogen) atoms. The van der Waals surface area contributed by atoms with Crippen LogP contribution in [0.3, 0.4) is 0 Å². The summed E-state index contributed by atoms with van der Waals surface area (Å²) in [5, 5.41) is 13.7. The average Bonchev–Trinajstić information content (AvgIpc) is 2.78. The average molecular weight is 345 g/mol. The first-order valence-electron chi connectivity index (χ1n) is 6.80. The largest absolute Gasteiger partial charge is 0.339 e. The van der Waals surface area contributed by atoms with E-state index in [1.807, 2.05) is 0 Å². The number of nitro benzene ring substituents is 1. The Morgan fingerprint density at radius 3 is 2.42 bits per heavy atom. The SMILES string of the molecule is CC(=O)c1ccc(NC2=NS(=O)(=O)c3cc([N+](=O)[O-])ccc32)cc1. The monoisotopic (exact) mass is 345 g/mol. The van der Waals surface area contributed by atoms with Crippen LogP contribution in [0.25, 0.3) is 0 Å². The first-order valence-corrected chi connectivity index (χ1v) is 8.24. The standard InChI is InChI=1S/C15H11N3O5S/c1-9(19)10-2-4-11(5-3-10)16-15-13-7-6-12(18(20)21)8-14(13)24(22,23)17-15/h2-8H,1H3,(H,16,17). The van der Waals surface area contributed by atoms with E-state index in [1.165, 1.54) is 19.1 Å². The maximum atomic E-state index is 12.1. The molecule has 0 saturated heterocycles. The van der Waals surface area contributed by atoms with Gasteiger partial charge in [-0.2, -0.15) is 8.42 Å². The van der Waals surface area contributed by atoms with Crippen molar-refractivity contribution in [3.63, 3.8) is 0 Å². The second-order valence-corrected chi connectivity index (χ2v) is 6.68. The van der Waals surface area contributed by atoms with Crippen molar-refractivity contribution in [3.8, 4) is 0 Å². The lowest BCUT2D eigenvalue weighted by Crippen LogP contribution is -2.11. The number of ketones is 1. The highest BCUT2D eigenvalue weighted by atomic mass is 32.2. The highest BCUT2D eigenvalue weighted by Crippen LogP contribution is 2.30. The zero-order valence-electron chi connectivity index (χ0n) is 12.4. The molecule has 0 aliphatic carbocycles. The fraction of sp³-hybridized carbons (Fsp3) is 0.0667. The Kier molecular flexibility index (Phi) is 3.64. The van der Waals surface area contributed by atoms with Crippen LogP contribution in [0.5, 0.6) is 0 Å². The van der Waals surface area contributed by atoms with E-state index in [2.05, 4.69) is 9.71 Å². The number of sulfonamides is 1. The summed E-state index contributed by atoms with van der Waals surface area (Å²) in [6.45, 7) is 1.44. The van der Waals surface area contributed by atoms with E-state index in [9.17, 15) is 23.3 Å².